The molecule has 1 fully saturated rings. The van der Waals surface area contributed by atoms with Gasteiger partial charge in [0.2, 0.25) is 0 Å². The topological polar surface area (TPSA) is 40.9 Å². The molecule has 78 valence electrons. The van der Waals surface area contributed by atoms with Crippen molar-refractivity contribution >= 4 is 28.7 Å². The Morgan fingerprint density at radius 2 is 2.33 bits per heavy atom. The van der Waals surface area contributed by atoms with Gasteiger partial charge in [0.25, 0.3) is 0 Å². The second-order valence-electron chi connectivity index (χ2n) is 3.77. The minimum atomic E-state index is -0.464. The Hall–Kier alpha value is -0.850. The van der Waals surface area contributed by atoms with Crippen LogP contribution in [0.25, 0.3) is 0 Å². The molecule has 1 aliphatic carbocycles. The SMILES string of the molecule is N#CC(C(=O)c1ccc(Cl)s1)C1CCC1. The summed E-state index contributed by atoms with van der Waals surface area (Å²) in [6.45, 7) is 0. The van der Waals surface area contributed by atoms with Crippen molar-refractivity contribution in [2.24, 2.45) is 11.8 Å². The van der Waals surface area contributed by atoms with Crippen molar-refractivity contribution in [1.82, 2.24) is 0 Å². The van der Waals surface area contributed by atoms with Gasteiger partial charge in [-0.15, -0.1) is 11.3 Å². The van der Waals surface area contributed by atoms with Crippen LogP contribution in [0.5, 0.6) is 0 Å². The zero-order chi connectivity index (χ0) is 10.8. The fraction of sp³-hybridized carbons (Fsp3) is 0.455. The number of thiophene rings is 1. The molecule has 1 unspecified atom stereocenters. The smallest absolute Gasteiger partial charge is 0.190 e. The van der Waals surface area contributed by atoms with E-state index in [-0.39, 0.29) is 11.7 Å². The fourth-order valence-corrected chi connectivity index (χ4v) is 2.77. The van der Waals surface area contributed by atoms with Crippen molar-refractivity contribution in [2.75, 3.05) is 0 Å². The van der Waals surface area contributed by atoms with Crippen LogP contribution in [0.1, 0.15) is 28.9 Å². The molecule has 1 aromatic rings. The Kier molecular flexibility index (Phi) is 3.08. The molecule has 2 nitrogen and oxygen atoms in total. The van der Waals surface area contributed by atoms with Gasteiger partial charge < -0.3 is 0 Å². The third-order valence-electron chi connectivity index (χ3n) is 2.86. The maximum atomic E-state index is 12.0. The van der Waals surface area contributed by atoms with Crippen LogP contribution in [-0.2, 0) is 0 Å². The highest BCUT2D eigenvalue weighted by atomic mass is 35.5. The average molecular weight is 240 g/mol. The van der Waals surface area contributed by atoms with Gasteiger partial charge in [-0.2, -0.15) is 5.26 Å². The predicted octanol–water partition coefficient (Wildman–Crippen LogP) is 3.52. The van der Waals surface area contributed by atoms with Gasteiger partial charge in [-0.3, -0.25) is 4.79 Å². The average Bonchev–Trinajstić information content (AvgIpc) is 2.57. The summed E-state index contributed by atoms with van der Waals surface area (Å²) in [5.74, 6) is -0.254. The maximum absolute atomic E-state index is 12.0. The zero-order valence-corrected chi connectivity index (χ0v) is 9.64. The van der Waals surface area contributed by atoms with Crippen molar-refractivity contribution in [3.63, 3.8) is 0 Å². The van der Waals surface area contributed by atoms with Gasteiger partial charge in [0.1, 0.15) is 5.92 Å². The Morgan fingerprint density at radius 1 is 1.60 bits per heavy atom. The number of nitriles is 1. The van der Waals surface area contributed by atoms with E-state index in [1.54, 1.807) is 12.1 Å². The molecule has 0 spiro atoms. The lowest BCUT2D eigenvalue weighted by Gasteiger charge is -2.28. The lowest BCUT2D eigenvalue weighted by atomic mass is 9.74. The highest BCUT2D eigenvalue weighted by Crippen LogP contribution is 2.36. The van der Waals surface area contributed by atoms with Gasteiger partial charge in [-0.25, -0.2) is 0 Å². The number of carbonyl (C=O) groups excluding carboxylic acids is 1. The number of rotatable bonds is 3. The number of halogens is 1. The first kappa shape index (κ1) is 10.7. The maximum Gasteiger partial charge on any atom is 0.190 e. The van der Waals surface area contributed by atoms with E-state index >= 15 is 0 Å². The van der Waals surface area contributed by atoms with Crippen LogP contribution in [0.4, 0.5) is 0 Å². The Bertz CT molecular complexity index is 416. The van der Waals surface area contributed by atoms with E-state index in [1.807, 2.05) is 0 Å². The van der Waals surface area contributed by atoms with Crippen LogP contribution >= 0.6 is 22.9 Å². The van der Waals surface area contributed by atoms with Crippen LogP contribution < -0.4 is 0 Å². The minimum absolute atomic E-state index is 0.0564. The molecule has 4 heteroatoms. The summed E-state index contributed by atoms with van der Waals surface area (Å²) in [4.78, 5) is 12.6. The molecule has 1 saturated carbocycles. The second kappa shape index (κ2) is 4.34. The van der Waals surface area contributed by atoms with E-state index in [1.165, 1.54) is 11.3 Å². The van der Waals surface area contributed by atoms with Crippen LogP contribution in [0.2, 0.25) is 4.34 Å². The highest BCUT2D eigenvalue weighted by Gasteiger charge is 2.33. The minimum Gasteiger partial charge on any atom is -0.292 e. The molecule has 0 bridgehead atoms. The lowest BCUT2D eigenvalue weighted by Crippen LogP contribution is -2.27. The van der Waals surface area contributed by atoms with Gasteiger partial charge in [0.15, 0.2) is 5.78 Å². The van der Waals surface area contributed by atoms with E-state index in [0.717, 1.165) is 19.3 Å². The Morgan fingerprint density at radius 3 is 2.73 bits per heavy atom. The molecule has 0 aliphatic heterocycles. The van der Waals surface area contributed by atoms with E-state index in [0.29, 0.717) is 9.21 Å². The van der Waals surface area contributed by atoms with E-state index in [4.69, 9.17) is 16.9 Å². The molecular formula is C11H10ClNOS. The summed E-state index contributed by atoms with van der Waals surface area (Å²) in [6.07, 6.45) is 3.15. The molecule has 0 amide bonds. The van der Waals surface area contributed by atoms with Crippen molar-refractivity contribution in [2.45, 2.75) is 19.3 Å². The van der Waals surface area contributed by atoms with Gasteiger partial charge in [0, 0.05) is 0 Å². The third kappa shape index (κ3) is 2.06. The van der Waals surface area contributed by atoms with Gasteiger partial charge in [-0.1, -0.05) is 18.0 Å². The first-order valence-electron chi connectivity index (χ1n) is 4.91. The molecule has 2 rings (SSSR count). The number of nitrogens with zero attached hydrogens (tertiary/aromatic N) is 1. The molecule has 0 aromatic carbocycles. The molecule has 15 heavy (non-hydrogen) atoms. The summed E-state index contributed by atoms with van der Waals surface area (Å²) >= 11 is 7.02. The molecular weight excluding hydrogens is 230 g/mol. The highest BCUT2D eigenvalue weighted by molar-refractivity contribution is 7.18. The number of carbonyl (C=O) groups is 1. The van der Waals surface area contributed by atoms with Crippen molar-refractivity contribution in [3.05, 3.63) is 21.3 Å². The zero-order valence-electron chi connectivity index (χ0n) is 8.07. The summed E-state index contributed by atoms with van der Waals surface area (Å²) in [6, 6.07) is 5.54. The lowest BCUT2D eigenvalue weighted by molar-refractivity contribution is 0.0876. The third-order valence-corrected chi connectivity index (χ3v) is 4.10. The molecule has 1 aromatic heterocycles. The largest absolute Gasteiger partial charge is 0.292 e. The number of ketones is 1. The van der Waals surface area contributed by atoms with Crippen LogP contribution in [0.3, 0.4) is 0 Å². The second-order valence-corrected chi connectivity index (χ2v) is 5.48. The number of hydrogen-bond donors (Lipinski definition) is 0. The van der Waals surface area contributed by atoms with E-state index in [9.17, 15) is 4.79 Å². The molecule has 0 N–H and O–H groups in total. The molecule has 0 radical (unpaired) electrons. The normalized spacial score (nSPS) is 17.9. The summed E-state index contributed by atoms with van der Waals surface area (Å²) in [7, 11) is 0. The van der Waals surface area contributed by atoms with Crippen molar-refractivity contribution in [1.29, 1.82) is 5.26 Å². The summed E-state index contributed by atoms with van der Waals surface area (Å²) in [5, 5.41) is 9.00. The van der Waals surface area contributed by atoms with E-state index < -0.39 is 5.92 Å². The predicted molar refractivity (Wildman–Crippen MR) is 60.1 cm³/mol. The molecule has 1 heterocycles. The molecule has 0 saturated heterocycles. The Balaban J connectivity index is 2.15. The first-order chi connectivity index (χ1) is 7.22. The number of hydrogen-bond acceptors (Lipinski definition) is 3. The fourth-order valence-electron chi connectivity index (χ4n) is 1.75. The van der Waals surface area contributed by atoms with Crippen LogP contribution in [-0.4, -0.2) is 5.78 Å². The van der Waals surface area contributed by atoms with Crippen molar-refractivity contribution < 1.29 is 4.79 Å². The quantitative estimate of drug-likeness (QED) is 0.758. The van der Waals surface area contributed by atoms with Crippen LogP contribution in [0.15, 0.2) is 12.1 Å². The van der Waals surface area contributed by atoms with E-state index in [2.05, 4.69) is 6.07 Å². The van der Waals surface area contributed by atoms with Gasteiger partial charge >= 0.3 is 0 Å². The molecule has 1 aliphatic rings. The summed E-state index contributed by atoms with van der Waals surface area (Å²) < 4.78 is 0.601. The standard InChI is InChI=1S/C11H10ClNOS/c12-10-5-4-9(15-10)11(14)8(6-13)7-2-1-3-7/h4-5,7-8H,1-3H2. The molecule has 1 atom stereocenters. The first-order valence-corrected chi connectivity index (χ1v) is 6.11. The monoisotopic (exact) mass is 239 g/mol. The Labute approximate surface area is 97.5 Å². The van der Waals surface area contributed by atoms with Crippen LogP contribution in [0, 0.1) is 23.2 Å². The van der Waals surface area contributed by atoms with Gasteiger partial charge in [0.05, 0.1) is 15.3 Å². The summed E-state index contributed by atoms with van der Waals surface area (Å²) in [5.41, 5.74) is 0. The number of Topliss-reactive ketones (excluding diaryl/α,β-unsaturated/α-hetero) is 1. The van der Waals surface area contributed by atoms with Gasteiger partial charge in [-0.05, 0) is 30.9 Å². The van der Waals surface area contributed by atoms with Crippen molar-refractivity contribution in [3.8, 4) is 6.07 Å².